The van der Waals surface area contributed by atoms with Crippen LogP contribution in [0.1, 0.15) is 18.5 Å². The number of nitrogens with one attached hydrogen (secondary N) is 1. The molecular formula is C9H13N3O. The number of amides is 1. The molecule has 0 unspecified atom stereocenters. The highest BCUT2D eigenvalue weighted by Crippen LogP contribution is 2.08. The van der Waals surface area contributed by atoms with Crippen molar-refractivity contribution < 1.29 is 4.79 Å². The van der Waals surface area contributed by atoms with Crippen LogP contribution in [0.2, 0.25) is 0 Å². The molecule has 0 aliphatic rings. The number of aromatic nitrogens is 1. The molecule has 1 aromatic rings. The normalized spacial score (nSPS) is 12.2. The van der Waals surface area contributed by atoms with E-state index in [0.29, 0.717) is 0 Å². The van der Waals surface area contributed by atoms with Crippen LogP contribution < -0.4 is 11.1 Å². The van der Waals surface area contributed by atoms with E-state index in [1.165, 1.54) is 0 Å². The minimum atomic E-state index is -0.156. The maximum atomic E-state index is 10.9. The molecule has 70 valence electrons. The highest BCUT2D eigenvalue weighted by atomic mass is 16.1. The van der Waals surface area contributed by atoms with Gasteiger partial charge in [0, 0.05) is 12.4 Å². The van der Waals surface area contributed by atoms with Crippen molar-refractivity contribution >= 4 is 5.91 Å². The highest BCUT2D eigenvalue weighted by molar-refractivity contribution is 5.78. The molecule has 4 heteroatoms. The first-order valence-electron chi connectivity index (χ1n) is 4.13. The van der Waals surface area contributed by atoms with E-state index in [0.717, 1.165) is 5.56 Å². The summed E-state index contributed by atoms with van der Waals surface area (Å²) in [7, 11) is 0. The predicted octanol–water partition coefficient (Wildman–Crippen LogP) is 0.217. The number of rotatable bonds is 3. The van der Waals surface area contributed by atoms with Gasteiger partial charge in [-0.05, 0) is 18.6 Å². The molecule has 0 saturated heterocycles. The van der Waals surface area contributed by atoms with Crippen molar-refractivity contribution in [1.29, 1.82) is 0 Å². The summed E-state index contributed by atoms with van der Waals surface area (Å²) in [4.78, 5) is 14.9. The number of carbonyl (C=O) groups excluding carboxylic acids is 1. The Bertz CT molecular complexity index is 273. The van der Waals surface area contributed by atoms with Crippen molar-refractivity contribution in [3.8, 4) is 0 Å². The predicted molar refractivity (Wildman–Crippen MR) is 49.8 cm³/mol. The largest absolute Gasteiger partial charge is 0.348 e. The van der Waals surface area contributed by atoms with E-state index in [4.69, 9.17) is 5.73 Å². The van der Waals surface area contributed by atoms with E-state index in [-0.39, 0.29) is 18.5 Å². The van der Waals surface area contributed by atoms with E-state index in [1.54, 1.807) is 12.4 Å². The van der Waals surface area contributed by atoms with Gasteiger partial charge in [0.05, 0.1) is 12.6 Å². The number of nitrogens with zero attached hydrogens (tertiary/aromatic N) is 1. The molecule has 0 radical (unpaired) electrons. The SMILES string of the molecule is C[C@H](NC(=O)CN)c1cccnc1. The average Bonchev–Trinajstić information content (AvgIpc) is 2.19. The van der Waals surface area contributed by atoms with Gasteiger partial charge < -0.3 is 11.1 Å². The van der Waals surface area contributed by atoms with E-state index >= 15 is 0 Å². The van der Waals surface area contributed by atoms with Crippen LogP contribution in [0.5, 0.6) is 0 Å². The average molecular weight is 179 g/mol. The number of pyridine rings is 1. The second-order valence-corrected chi connectivity index (χ2v) is 2.78. The zero-order chi connectivity index (χ0) is 9.68. The summed E-state index contributed by atoms with van der Waals surface area (Å²) in [5.74, 6) is -0.156. The van der Waals surface area contributed by atoms with Gasteiger partial charge in [-0.2, -0.15) is 0 Å². The van der Waals surface area contributed by atoms with Crippen LogP contribution in [0.4, 0.5) is 0 Å². The standard InChI is InChI=1S/C9H13N3O/c1-7(12-9(13)5-10)8-3-2-4-11-6-8/h2-4,6-7H,5,10H2,1H3,(H,12,13)/t7-/m0/s1. The van der Waals surface area contributed by atoms with Gasteiger partial charge in [0.15, 0.2) is 0 Å². The summed E-state index contributed by atoms with van der Waals surface area (Å²) in [6.07, 6.45) is 3.42. The van der Waals surface area contributed by atoms with Crippen LogP contribution in [0.25, 0.3) is 0 Å². The van der Waals surface area contributed by atoms with Crippen LogP contribution in [-0.2, 0) is 4.79 Å². The molecule has 1 aromatic heterocycles. The zero-order valence-electron chi connectivity index (χ0n) is 7.53. The van der Waals surface area contributed by atoms with Crippen molar-refractivity contribution in [3.05, 3.63) is 30.1 Å². The summed E-state index contributed by atoms with van der Waals surface area (Å²) < 4.78 is 0. The molecule has 0 aliphatic heterocycles. The fourth-order valence-corrected chi connectivity index (χ4v) is 1.02. The zero-order valence-corrected chi connectivity index (χ0v) is 7.53. The second kappa shape index (κ2) is 4.57. The number of carbonyl (C=O) groups is 1. The monoisotopic (exact) mass is 179 g/mol. The maximum Gasteiger partial charge on any atom is 0.234 e. The van der Waals surface area contributed by atoms with Gasteiger partial charge in [-0.3, -0.25) is 9.78 Å². The quantitative estimate of drug-likeness (QED) is 0.697. The molecule has 13 heavy (non-hydrogen) atoms. The summed E-state index contributed by atoms with van der Waals surface area (Å²) in [6, 6.07) is 3.71. The third kappa shape index (κ3) is 2.83. The topological polar surface area (TPSA) is 68.0 Å². The highest BCUT2D eigenvalue weighted by Gasteiger charge is 2.06. The lowest BCUT2D eigenvalue weighted by molar-refractivity contribution is -0.120. The Balaban J connectivity index is 2.59. The van der Waals surface area contributed by atoms with Crippen molar-refractivity contribution in [2.24, 2.45) is 5.73 Å². The first-order chi connectivity index (χ1) is 6.24. The first kappa shape index (κ1) is 9.67. The number of hydrogen-bond donors (Lipinski definition) is 2. The van der Waals surface area contributed by atoms with E-state index in [2.05, 4.69) is 10.3 Å². The summed E-state index contributed by atoms with van der Waals surface area (Å²) in [5.41, 5.74) is 6.15. The fourth-order valence-electron chi connectivity index (χ4n) is 1.02. The molecule has 3 N–H and O–H groups in total. The Morgan fingerprint density at radius 1 is 1.77 bits per heavy atom. The van der Waals surface area contributed by atoms with Crippen molar-refractivity contribution in [3.63, 3.8) is 0 Å². The van der Waals surface area contributed by atoms with E-state index < -0.39 is 0 Å². The summed E-state index contributed by atoms with van der Waals surface area (Å²) in [6.45, 7) is 1.91. The van der Waals surface area contributed by atoms with Gasteiger partial charge in [0.25, 0.3) is 0 Å². The molecule has 1 amide bonds. The molecule has 0 aromatic carbocycles. The van der Waals surface area contributed by atoms with Crippen LogP contribution in [-0.4, -0.2) is 17.4 Å². The molecule has 1 heterocycles. The van der Waals surface area contributed by atoms with Gasteiger partial charge in [0.1, 0.15) is 0 Å². The van der Waals surface area contributed by atoms with Crippen LogP contribution in [0, 0.1) is 0 Å². The van der Waals surface area contributed by atoms with Gasteiger partial charge >= 0.3 is 0 Å². The minimum absolute atomic E-state index is 0.0185. The molecule has 0 saturated carbocycles. The lowest BCUT2D eigenvalue weighted by atomic mass is 10.1. The Morgan fingerprint density at radius 3 is 3.08 bits per heavy atom. The van der Waals surface area contributed by atoms with E-state index in [1.807, 2.05) is 19.1 Å². The van der Waals surface area contributed by atoms with E-state index in [9.17, 15) is 4.79 Å². The maximum absolute atomic E-state index is 10.9. The van der Waals surface area contributed by atoms with Gasteiger partial charge in [-0.15, -0.1) is 0 Å². The lowest BCUT2D eigenvalue weighted by Gasteiger charge is -2.12. The van der Waals surface area contributed by atoms with Gasteiger partial charge in [-0.1, -0.05) is 6.07 Å². The Kier molecular flexibility index (Phi) is 3.40. The molecule has 1 rings (SSSR count). The van der Waals surface area contributed by atoms with Crippen LogP contribution in [0.3, 0.4) is 0 Å². The third-order valence-corrected chi connectivity index (χ3v) is 1.75. The molecule has 0 aliphatic carbocycles. The second-order valence-electron chi connectivity index (χ2n) is 2.78. The Labute approximate surface area is 77.2 Å². The molecule has 0 spiro atoms. The van der Waals surface area contributed by atoms with Gasteiger partial charge in [0.2, 0.25) is 5.91 Å². The first-order valence-corrected chi connectivity index (χ1v) is 4.13. The van der Waals surface area contributed by atoms with Crippen LogP contribution >= 0.6 is 0 Å². The molecule has 4 nitrogen and oxygen atoms in total. The molecule has 0 bridgehead atoms. The third-order valence-electron chi connectivity index (χ3n) is 1.75. The smallest absolute Gasteiger partial charge is 0.234 e. The van der Waals surface area contributed by atoms with Crippen LogP contribution in [0.15, 0.2) is 24.5 Å². The lowest BCUT2D eigenvalue weighted by Crippen LogP contribution is -2.32. The molecule has 0 fully saturated rings. The van der Waals surface area contributed by atoms with Crippen molar-refractivity contribution in [2.45, 2.75) is 13.0 Å². The molecule has 1 atom stereocenters. The fraction of sp³-hybridized carbons (Fsp3) is 0.333. The number of hydrogen-bond acceptors (Lipinski definition) is 3. The molecular weight excluding hydrogens is 166 g/mol. The summed E-state index contributed by atoms with van der Waals surface area (Å²) >= 11 is 0. The Morgan fingerprint density at radius 2 is 2.54 bits per heavy atom. The summed E-state index contributed by atoms with van der Waals surface area (Å²) in [5, 5.41) is 2.74. The Hall–Kier alpha value is -1.42. The number of nitrogens with two attached hydrogens (primary N) is 1. The van der Waals surface area contributed by atoms with Gasteiger partial charge in [-0.25, -0.2) is 0 Å². The van der Waals surface area contributed by atoms with Crippen molar-refractivity contribution in [1.82, 2.24) is 10.3 Å². The van der Waals surface area contributed by atoms with Crippen molar-refractivity contribution in [2.75, 3.05) is 6.54 Å². The minimum Gasteiger partial charge on any atom is -0.348 e.